The summed E-state index contributed by atoms with van der Waals surface area (Å²) in [7, 11) is -3.26. The molecule has 0 saturated heterocycles. The predicted octanol–water partition coefficient (Wildman–Crippen LogP) is 6.08. The lowest BCUT2D eigenvalue weighted by molar-refractivity contribution is -0.143. The summed E-state index contributed by atoms with van der Waals surface area (Å²) in [5, 5.41) is 6.69. The van der Waals surface area contributed by atoms with E-state index in [9.17, 15) is 26.4 Å². The van der Waals surface area contributed by atoms with Gasteiger partial charge in [0.25, 0.3) is 10.0 Å². The maximum absolute atomic E-state index is 13.4. The zero-order valence-electron chi connectivity index (χ0n) is 23.5. The van der Waals surface area contributed by atoms with Crippen LogP contribution in [0, 0.1) is 5.92 Å². The molecule has 8 nitrogen and oxygen atoms in total. The summed E-state index contributed by atoms with van der Waals surface area (Å²) < 4.78 is 73.4. The third-order valence-electron chi connectivity index (χ3n) is 6.83. The first-order chi connectivity index (χ1) is 20.3. The molecule has 228 valence electrons. The zero-order chi connectivity index (χ0) is 31.4. The van der Waals surface area contributed by atoms with Crippen LogP contribution in [0.15, 0.2) is 93.9 Å². The largest absolute Gasteiger partial charge is 0.467 e. The number of halogens is 4. The number of sulfonamides is 1. The van der Waals surface area contributed by atoms with Gasteiger partial charge in [0, 0.05) is 17.5 Å². The number of nitrogens with one attached hydrogen (secondary N) is 1. The minimum Gasteiger partial charge on any atom is -0.467 e. The van der Waals surface area contributed by atoms with Gasteiger partial charge in [-0.3, -0.25) is 0 Å². The van der Waals surface area contributed by atoms with Crippen LogP contribution in [-0.2, 0) is 25.7 Å². The van der Waals surface area contributed by atoms with E-state index in [4.69, 9.17) is 21.4 Å². The number of hydrogen-bond donors (Lipinski definition) is 1. The normalized spacial score (nSPS) is 16.9. The molecule has 0 radical (unpaired) electrons. The molecule has 1 heterocycles. The van der Waals surface area contributed by atoms with E-state index < -0.39 is 38.7 Å². The fourth-order valence-corrected chi connectivity index (χ4v) is 5.69. The van der Waals surface area contributed by atoms with Gasteiger partial charge >= 0.3 is 12.1 Å². The standard InChI is InChI=1S/C30H30ClF3N4O4S/c1-19(2)26(28(39)42-3)35-29(37-43(40,41)24-15-11-22(12-16-24)30(32,33)34)38-18-17-25(20-7-5-4-6-8-20)27(36-38)21-9-13-23(31)14-10-21/h4-16,19,25-26H,17-18H2,1-3H3,(H,35,37)/t25?,26-/m0/s1. The number of aliphatic imine (C=N–C) groups is 1. The topological polar surface area (TPSA) is 100 Å². The number of hydrazone groups is 1. The SMILES string of the molecule is COC(=O)[C@@H](N=C(NS(=O)(=O)c1ccc(C(F)(F)F)cc1)N1CCC(c2ccccc2)C(c2ccc(Cl)cc2)=N1)C(C)C. The Morgan fingerprint density at radius 3 is 2.23 bits per heavy atom. The van der Waals surface area contributed by atoms with Gasteiger partial charge in [0.05, 0.1) is 23.3 Å². The maximum atomic E-state index is 13.4. The van der Waals surface area contributed by atoms with Gasteiger partial charge in [0.15, 0.2) is 6.04 Å². The van der Waals surface area contributed by atoms with E-state index >= 15 is 0 Å². The first-order valence-electron chi connectivity index (χ1n) is 13.3. The summed E-state index contributed by atoms with van der Waals surface area (Å²) in [6.45, 7) is 3.64. The number of ether oxygens (including phenoxy) is 1. The van der Waals surface area contributed by atoms with E-state index in [1.807, 2.05) is 30.3 Å². The Morgan fingerprint density at radius 2 is 1.67 bits per heavy atom. The highest BCUT2D eigenvalue weighted by Crippen LogP contribution is 2.31. The molecule has 1 aliphatic rings. The van der Waals surface area contributed by atoms with E-state index in [2.05, 4.69) is 9.71 Å². The molecule has 3 aromatic rings. The minimum absolute atomic E-state index is 0.159. The van der Waals surface area contributed by atoms with E-state index in [0.717, 1.165) is 23.3 Å². The summed E-state index contributed by atoms with van der Waals surface area (Å²) in [4.78, 5) is 16.6. The number of nitrogens with zero attached hydrogens (tertiary/aromatic N) is 3. The Morgan fingerprint density at radius 1 is 1.05 bits per heavy atom. The number of hydrogen-bond acceptors (Lipinski definition) is 6. The van der Waals surface area contributed by atoms with Crippen molar-refractivity contribution in [3.05, 3.63) is 101 Å². The van der Waals surface area contributed by atoms with Gasteiger partial charge < -0.3 is 4.74 Å². The highest BCUT2D eigenvalue weighted by atomic mass is 35.5. The minimum atomic E-state index is -4.64. The van der Waals surface area contributed by atoms with Crippen LogP contribution in [0.5, 0.6) is 0 Å². The molecule has 0 saturated carbocycles. The molecule has 0 bridgehead atoms. The Bertz CT molecular complexity index is 1600. The van der Waals surface area contributed by atoms with Gasteiger partial charge in [0.1, 0.15) is 0 Å². The van der Waals surface area contributed by atoms with E-state index in [0.29, 0.717) is 29.3 Å². The first-order valence-corrected chi connectivity index (χ1v) is 15.2. The van der Waals surface area contributed by atoms with Crippen LogP contribution >= 0.6 is 11.6 Å². The fraction of sp³-hybridized carbons (Fsp3) is 0.300. The van der Waals surface area contributed by atoms with Gasteiger partial charge in [-0.25, -0.2) is 27.9 Å². The van der Waals surface area contributed by atoms with Crippen molar-refractivity contribution < 1.29 is 31.1 Å². The molecule has 0 spiro atoms. The van der Waals surface area contributed by atoms with Crippen molar-refractivity contribution in [1.82, 2.24) is 9.73 Å². The molecule has 3 aromatic carbocycles. The summed E-state index contributed by atoms with van der Waals surface area (Å²) in [6, 6.07) is 18.7. The molecule has 13 heteroatoms. The van der Waals surface area contributed by atoms with Crippen LogP contribution in [0.25, 0.3) is 0 Å². The molecule has 1 N–H and O–H groups in total. The predicted molar refractivity (Wildman–Crippen MR) is 158 cm³/mol. The Labute approximate surface area is 253 Å². The van der Waals surface area contributed by atoms with E-state index in [1.165, 1.54) is 12.1 Å². The van der Waals surface area contributed by atoms with Crippen molar-refractivity contribution >= 4 is 39.3 Å². The molecule has 43 heavy (non-hydrogen) atoms. The molecule has 4 rings (SSSR count). The van der Waals surface area contributed by atoms with Crippen molar-refractivity contribution in [2.24, 2.45) is 16.0 Å². The second-order valence-electron chi connectivity index (χ2n) is 10.2. The second kappa shape index (κ2) is 13.2. The average molecular weight is 635 g/mol. The van der Waals surface area contributed by atoms with Crippen LogP contribution in [0.2, 0.25) is 5.02 Å². The van der Waals surface area contributed by atoms with Gasteiger partial charge in [-0.2, -0.15) is 18.3 Å². The monoisotopic (exact) mass is 634 g/mol. The quantitative estimate of drug-likeness (QED) is 0.193. The molecule has 1 unspecified atom stereocenters. The highest BCUT2D eigenvalue weighted by molar-refractivity contribution is 7.90. The third kappa shape index (κ3) is 7.74. The Balaban J connectivity index is 1.82. The molecule has 1 aliphatic heterocycles. The summed E-state index contributed by atoms with van der Waals surface area (Å²) in [6.07, 6.45) is -4.14. The molecular formula is C30H30ClF3N4O4S. The van der Waals surface area contributed by atoms with Gasteiger partial charge in [-0.1, -0.05) is 67.9 Å². The molecule has 0 fully saturated rings. The summed E-state index contributed by atoms with van der Waals surface area (Å²) >= 11 is 6.13. The van der Waals surface area contributed by atoms with Crippen LogP contribution < -0.4 is 4.72 Å². The van der Waals surface area contributed by atoms with Gasteiger partial charge in [-0.05, 0) is 59.9 Å². The highest BCUT2D eigenvalue weighted by Gasteiger charge is 2.33. The number of guanidine groups is 1. The van der Waals surface area contributed by atoms with Crippen molar-refractivity contribution in [1.29, 1.82) is 0 Å². The average Bonchev–Trinajstić information content (AvgIpc) is 2.99. The number of esters is 1. The number of carbonyl (C=O) groups is 1. The number of alkyl halides is 3. The summed E-state index contributed by atoms with van der Waals surface area (Å²) in [5.41, 5.74) is 1.34. The molecule has 0 aromatic heterocycles. The van der Waals surface area contributed by atoms with Crippen LogP contribution in [0.4, 0.5) is 13.2 Å². The van der Waals surface area contributed by atoms with Crippen LogP contribution in [-0.4, -0.2) is 50.8 Å². The van der Waals surface area contributed by atoms with Crippen molar-refractivity contribution in [2.75, 3.05) is 13.7 Å². The lowest BCUT2D eigenvalue weighted by Crippen LogP contribution is -2.46. The molecule has 0 amide bonds. The first kappa shape index (κ1) is 32.0. The number of rotatable bonds is 7. The van der Waals surface area contributed by atoms with Crippen molar-refractivity contribution in [3.63, 3.8) is 0 Å². The van der Waals surface area contributed by atoms with Crippen LogP contribution in [0.3, 0.4) is 0 Å². The van der Waals surface area contributed by atoms with Gasteiger partial charge in [-0.15, -0.1) is 0 Å². The third-order valence-corrected chi connectivity index (χ3v) is 8.42. The smallest absolute Gasteiger partial charge is 0.416 e. The number of benzene rings is 3. The van der Waals surface area contributed by atoms with Crippen LogP contribution in [0.1, 0.15) is 42.9 Å². The number of carbonyl (C=O) groups excluding carboxylic acids is 1. The van der Waals surface area contributed by atoms with Gasteiger partial charge in [0.2, 0.25) is 5.96 Å². The zero-order valence-corrected chi connectivity index (χ0v) is 25.1. The van der Waals surface area contributed by atoms with Crippen molar-refractivity contribution in [2.45, 2.75) is 43.3 Å². The Hall–Kier alpha value is -3.90. The lowest BCUT2D eigenvalue weighted by Gasteiger charge is -2.32. The maximum Gasteiger partial charge on any atom is 0.416 e. The number of methoxy groups -OCH3 is 1. The van der Waals surface area contributed by atoms with E-state index in [1.54, 1.807) is 38.1 Å². The second-order valence-corrected chi connectivity index (χ2v) is 12.3. The Kier molecular flexibility index (Phi) is 9.81. The molecular weight excluding hydrogens is 605 g/mol. The van der Waals surface area contributed by atoms with E-state index in [-0.39, 0.29) is 24.3 Å². The lowest BCUT2D eigenvalue weighted by atomic mass is 9.86. The summed E-state index contributed by atoms with van der Waals surface area (Å²) in [5.74, 6) is -1.52. The van der Waals surface area contributed by atoms with Crippen molar-refractivity contribution in [3.8, 4) is 0 Å². The fourth-order valence-electron chi connectivity index (χ4n) is 4.55. The molecule has 2 atom stereocenters. The molecule has 0 aliphatic carbocycles.